The molecule has 4 heteroatoms. The predicted molar refractivity (Wildman–Crippen MR) is 87.6 cm³/mol. The van der Waals surface area contributed by atoms with E-state index in [0.29, 0.717) is 0 Å². The van der Waals surface area contributed by atoms with E-state index >= 15 is 0 Å². The minimum Gasteiger partial charge on any atom is -0.459 e. The Bertz CT molecular complexity index is 718. The summed E-state index contributed by atoms with van der Waals surface area (Å²) in [6.07, 6.45) is 2.87. The van der Waals surface area contributed by atoms with E-state index in [-0.39, 0.29) is 12.1 Å². The van der Waals surface area contributed by atoms with Crippen LogP contribution in [0.2, 0.25) is 0 Å². The van der Waals surface area contributed by atoms with Gasteiger partial charge in [0.05, 0.1) is 12.1 Å². The van der Waals surface area contributed by atoms with Crippen LogP contribution in [0.5, 0.6) is 0 Å². The SMILES string of the molecule is CCC(NC(C)c1oc2ccccc2c1C)c1nccs1. The normalized spacial score (nSPS) is 14.4. The lowest BCUT2D eigenvalue weighted by Gasteiger charge is -2.19. The van der Waals surface area contributed by atoms with Crippen LogP contribution in [0.3, 0.4) is 0 Å². The van der Waals surface area contributed by atoms with Gasteiger partial charge in [-0.05, 0) is 31.9 Å². The molecule has 2 aromatic heterocycles. The third-order valence-corrected chi connectivity index (χ3v) is 4.77. The number of hydrogen-bond acceptors (Lipinski definition) is 4. The summed E-state index contributed by atoms with van der Waals surface area (Å²) < 4.78 is 6.04. The number of benzene rings is 1. The zero-order valence-electron chi connectivity index (χ0n) is 12.6. The fourth-order valence-corrected chi connectivity index (χ4v) is 3.54. The summed E-state index contributed by atoms with van der Waals surface area (Å²) in [6, 6.07) is 8.63. The van der Waals surface area contributed by atoms with E-state index in [1.54, 1.807) is 11.3 Å². The highest BCUT2D eigenvalue weighted by atomic mass is 32.1. The largest absolute Gasteiger partial charge is 0.459 e. The van der Waals surface area contributed by atoms with Gasteiger partial charge in [-0.25, -0.2) is 4.98 Å². The van der Waals surface area contributed by atoms with Gasteiger partial charge in [0.25, 0.3) is 0 Å². The Morgan fingerprint density at radius 2 is 2.14 bits per heavy atom. The fraction of sp³-hybridized carbons (Fsp3) is 0.353. The average Bonchev–Trinajstić information content (AvgIpc) is 3.13. The van der Waals surface area contributed by atoms with E-state index in [9.17, 15) is 0 Å². The van der Waals surface area contributed by atoms with Gasteiger partial charge in [-0.1, -0.05) is 25.1 Å². The minimum atomic E-state index is 0.159. The third kappa shape index (κ3) is 2.74. The second-order valence-electron chi connectivity index (χ2n) is 5.31. The van der Waals surface area contributed by atoms with Crippen LogP contribution in [0.4, 0.5) is 0 Å². The first-order valence-electron chi connectivity index (χ1n) is 7.34. The number of aromatic nitrogens is 1. The van der Waals surface area contributed by atoms with Crippen molar-refractivity contribution in [2.45, 2.75) is 39.3 Å². The monoisotopic (exact) mass is 300 g/mol. The number of furan rings is 1. The molecule has 0 aliphatic rings. The van der Waals surface area contributed by atoms with E-state index in [4.69, 9.17) is 4.42 Å². The Morgan fingerprint density at radius 3 is 2.81 bits per heavy atom. The lowest BCUT2D eigenvalue weighted by molar-refractivity contribution is 0.395. The molecule has 0 aliphatic carbocycles. The van der Waals surface area contributed by atoms with Gasteiger partial charge in [-0.15, -0.1) is 11.3 Å². The Labute approximate surface area is 129 Å². The van der Waals surface area contributed by atoms with Crippen molar-refractivity contribution in [2.24, 2.45) is 0 Å². The smallest absolute Gasteiger partial charge is 0.134 e. The topological polar surface area (TPSA) is 38.1 Å². The molecule has 21 heavy (non-hydrogen) atoms. The summed E-state index contributed by atoms with van der Waals surface area (Å²) >= 11 is 1.70. The van der Waals surface area contributed by atoms with Crippen LogP contribution in [0.25, 0.3) is 11.0 Å². The molecule has 3 nitrogen and oxygen atoms in total. The Hall–Kier alpha value is -1.65. The van der Waals surface area contributed by atoms with Crippen molar-refractivity contribution in [3.8, 4) is 0 Å². The number of para-hydroxylation sites is 1. The van der Waals surface area contributed by atoms with Crippen molar-refractivity contribution in [1.29, 1.82) is 0 Å². The lowest BCUT2D eigenvalue weighted by Crippen LogP contribution is -2.24. The van der Waals surface area contributed by atoms with Crippen LogP contribution in [-0.4, -0.2) is 4.98 Å². The lowest BCUT2D eigenvalue weighted by atomic mass is 10.1. The maximum absolute atomic E-state index is 6.04. The standard InChI is InChI=1S/C17H20N2OS/c1-4-14(17-18-9-10-21-17)19-12(3)16-11(2)13-7-5-6-8-15(13)20-16/h5-10,12,14,19H,4H2,1-3H3. The number of rotatable bonds is 5. The average molecular weight is 300 g/mol. The molecule has 0 radical (unpaired) electrons. The highest BCUT2D eigenvalue weighted by Crippen LogP contribution is 2.31. The fourth-order valence-electron chi connectivity index (χ4n) is 2.75. The molecule has 2 heterocycles. The van der Waals surface area contributed by atoms with Gasteiger partial charge < -0.3 is 4.42 Å². The molecule has 0 saturated carbocycles. The number of nitrogens with zero attached hydrogens (tertiary/aromatic N) is 1. The second-order valence-corrected chi connectivity index (χ2v) is 6.23. The highest BCUT2D eigenvalue weighted by Gasteiger charge is 2.20. The third-order valence-electron chi connectivity index (χ3n) is 3.88. The Balaban J connectivity index is 1.86. The molecule has 0 bridgehead atoms. The Kier molecular flexibility index (Phi) is 4.08. The van der Waals surface area contributed by atoms with E-state index in [1.165, 1.54) is 10.9 Å². The summed E-state index contributed by atoms with van der Waals surface area (Å²) in [4.78, 5) is 4.42. The van der Waals surface area contributed by atoms with Crippen LogP contribution in [-0.2, 0) is 0 Å². The van der Waals surface area contributed by atoms with Crippen molar-refractivity contribution < 1.29 is 4.42 Å². The molecule has 0 saturated heterocycles. The molecular formula is C17H20N2OS. The van der Waals surface area contributed by atoms with Crippen LogP contribution < -0.4 is 5.32 Å². The number of thiazole rings is 1. The minimum absolute atomic E-state index is 0.159. The van der Waals surface area contributed by atoms with Crippen molar-refractivity contribution in [2.75, 3.05) is 0 Å². The first kappa shape index (κ1) is 14.3. The second kappa shape index (κ2) is 6.00. The zero-order valence-corrected chi connectivity index (χ0v) is 13.4. The summed E-state index contributed by atoms with van der Waals surface area (Å²) in [5, 5.41) is 8.00. The van der Waals surface area contributed by atoms with Gasteiger partial charge in [-0.2, -0.15) is 0 Å². The van der Waals surface area contributed by atoms with Crippen molar-refractivity contribution >= 4 is 22.3 Å². The quantitative estimate of drug-likeness (QED) is 0.720. The van der Waals surface area contributed by atoms with Crippen LogP contribution >= 0.6 is 11.3 Å². The molecule has 1 N–H and O–H groups in total. The molecule has 0 amide bonds. The molecule has 3 rings (SSSR count). The molecule has 2 unspecified atom stereocenters. The molecule has 0 aliphatic heterocycles. The number of fused-ring (bicyclic) bond motifs is 1. The van der Waals surface area contributed by atoms with Crippen molar-refractivity contribution in [3.63, 3.8) is 0 Å². The molecule has 2 atom stereocenters. The highest BCUT2D eigenvalue weighted by molar-refractivity contribution is 7.09. The van der Waals surface area contributed by atoms with Gasteiger partial charge >= 0.3 is 0 Å². The number of nitrogens with one attached hydrogen (secondary N) is 1. The summed E-state index contributed by atoms with van der Waals surface area (Å²) in [6.45, 7) is 6.46. The van der Waals surface area contributed by atoms with E-state index in [1.807, 2.05) is 23.7 Å². The summed E-state index contributed by atoms with van der Waals surface area (Å²) in [5.74, 6) is 1.02. The van der Waals surface area contributed by atoms with Gasteiger partial charge in [-0.3, -0.25) is 5.32 Å². The number of aryl methyl sites for hydroxylation is 1. The molecule has 110 valence electrons. The van der Waals surface area contributed by atoms with Crippen molar-refractivity contribution in [1.82, 2.24) is 10.3 Å². The van der Waals surface area contributed by atoms with Gasteiger partial charge in [0.2, 0.25) is 0 Å². The van der Waals surface area contributed by atoms with Crippen LogP contribution in [0, 0.1) is 6.92 Å². The van der Waals surface area contributed by atoms with E-state index in [2.05, 4.69) is 43.2 Å². The molecule has 3 aromatic rings. The molecule has 1 aromatic carbocycles. The van der Waals surface area contributed by atoms with Gasteiger partial charge in [0.15, 0.2) is 0 Å². The van der Waals surface area contributed by atoms with Crippen LogP contribution in [0.1, 0.15) is 48.7 Å². The predicted octanol–water partition coefficient (Wildman–Crippen LogP) is 5.00. The maximum atomic E-state index is 6.04. The van der Waals surface area contributed by atoms with Crippen LogP contribution in [0.15, 0.2) is 40.3 Å². The van der Waals surface area contributed by atoms with Gasteiger partial charge in [0, 0.05) is 17.0 Å². The zero-order chi connectivity index (χ0) is 14.8. The first-order valence-corrected chi connectivity index (χ1v) is 8.22. The van der Waals surface area contributed by atoms with Crippen molar-refractivity contribution in [3.05, 3.63) is 52.2 Å². The Morgan fingerprint density at radius 1 is 1.33 bits per heavy atom. The number of hydrogen-bond donors (Lipinski definition) is 1. The maximum Gasteiger partial charge on any atom is 0.134 e. The first-order chi connectivity index (χ1) is 10.2. The van der Waals surface area contributed by atoms with Gasteiger partial charge in [0.1, 0.15) is 16.4 Å². The van der Waals surface area contributed by atoms with E-state index < -0.39 is 0 Å². The summed E-state index contributed by atoms with van der Waals surface area (Å²) in [5.41, 5.74) is 2.18. The summed E-state index contributed by atoms with van der Waals surface area (Å²) in [7, 11) is 0. The van der Waals surface area contributed by atoms with E-state index in [0.717, 1.165) is 22.8 Å². The molecular weight excluding hydrogens is 280 g/mol. The molecule has 0 fully saturated rings. The molecule has 0 spiro atoms.